The third-order valence-corrected chi connectivity index (χ3v) is 5.68. The van der Waals surface area contributed by atoms with Crippen molar-refractivity contribution in [2.45, 2.75) is 31.7 Å². The van der Waals surface area contributed by atoms with Gasteiger partial charge in [0.1, 0.15) is 0 Å². The van der Waals surface area contributed by atoms with Gasteiger partial charge >= 0.3 is 6.03 Å². The van der Waals surface area contributed by atoms with Gasteiger partial charge in [0.2, 0.25) is 5.91 Å². The van der Waals surface area contributed by atoms with Crippen LogP contribution in [-0.4, -0.2) is 79.5 Å². The van der Waals surface area contributed by atoms with Gasteiger partial charge in [-0.2, -0.15) is 0 Å². The lowest BCUT2D eigenvalue weighted by Gasteiger charge is -2.33. The Labute approximate surface area is 144 Å². The van der Waals surface area contributed by atoms with Crippen molar-refractivity contribution in [1.82, 2.24) is 20.0 Å². The Morgan fingerprint density at radius 2 is 1.67 bits per heavy atom. The van der Waals surface area contributed by atoms with Crippen molar-refractivity contribution in [3.8, 4) is 0 Å². The van der Waals surface area contributed by atoms with Crippen molar-refractivity contribution in [2.24, 2.45) is 11.8 Å². The topological polar surface area (TPSA) is 55.9 Å². The van der Waals surface area contributed by atoms with E-state index in [2.05, 4.69) is 22.4 Å². The first-order chi connectivity index (χ1) is 11.5. The molecule has 0 aromatic heterocycles. The van der Waals surface area contributed by atoms with Gasteiger partial charge in [-0.3, -0.25) is 9.69 Å². The van der Waals surface area contributed by atoms with Gasteiger partial charge in [-0.1, -0.05) is 12.2 Å². The van der Waals surface area contributed by atoms with Gasteiger partial charge in [0.15, 0.2) is 0 Å². The minimum absolute atomic E-state index is 0.104. The van der Waals surface area contributed by atoms with Crippen molar-refractivity contribution in [2.75, 3.05) is 46.8 Å². The Balaban J connectivity index is 1.40. The summed E-state index contributed by atoms with van der Waals surface area (Å²) in [6, 6.07) is 0.344. The molecular weight excluding hydrogens is 304 g/mol. The molecule has 2 atom stereocenters. The molecule has 6 nitrogen and oxygen atoms in total. The van der Waals surface area contributed by atoms with Crippen LogP contribution in [0, 0.1) is 11.8 Å². The van der Waals surface area contributed by atoms with Crippen LogP contribution >= 0.6 is 0 Å². The number of likely N-dealkylation sites (N-methyl/N-ethyl adjacent to an activating group) is 1. The van der Waals surface area contributed by atoms with Gasteiger partial charge in [0.05, 0.1) is 6.54 Å². The van der Waals surface area contributed by atoms with Crippen LogP contribution < -0.4 is 5.32 Å². The standard InChI is InChI=1S/C18H30N4O2/c1-20(2)17(23)13-21-9-7-16(8-10-21)19-18(24)22-11-14-5-3-4-6-15(14)12-22/h3-4,14-16H,5-13H2,1-2H3,(H,19,24)/t14-,15-/m1/s1. The molecule has 0 bridgehead atoms. The zero-order valence-electron chi connectivity index (χ0n) is 14.9. The van der Waals surface area contributed by atoms with Crippen LogP contribution in [0.1, 0.15) is 25.7 Å². The van der Waals surface area contributed by atoms with E-state index in [1.165, 1.54) is 0 Å². The maximum absolute atomic E-state index is 12.5. The number of fused-ring (bicyclic) bond motifs is 1. The molecule has 1 N–H and O–H groups in total. The van der Waals surface area contributed by atoms with Gasteiger partial charge in [0.25, 0.3) is 0 Å². The lowest BCUT2D eigenvalue weighted by Crippen LogP contribution is -2.50. The molecule has 0 aromatic rings. The molecule has 0 spiro atoms. The number of carbonyl (C=O) groups is 2. The number of rotatable bonds is 3. The predicted octanol–water partition coefficient (Wildman–Crippen LogP) is 1.15. The molecule has 24 heavy (non-hydrogen) atoms. The minimum atomic E-state index is 0.104. The van der Waals surface area contributed by atoms with Crippen molar-refractivity contribution in [3.05, 3.63) is 12.2 Å². The first-order valence-corrected chi connectivity index (χ1v) is 9.16. The van der Waals surface area contributed by atoms with Crippen LogP contribution in [0.4, 0.5) is 4.79 Å². The van der Waals surface area contributed by atoms with Gasteiger partial charge in [-0.15, -0.1) is 0 Å². The van der Waals surface area contributed by atoms with E-state index < -0.39 is 0 Å². The van der Waals surface area contributed by atoms with Crippen LogP contribution in [0.25, 0.3) is 0 Å². The third kappa shape index (κ3) is 4.09. The lowest BCUT2D eigenvalue weighted by molar-refractivity contribution is -0.130. The molecule has 134 valence electrons. The number of nitrogens with one attached hydrogen (secondary N) is 1. The molecule has 2 heterocycles. The van der Waals surface area contributed by atoms with Crippen LogP contribution in [0.3, 0.4) is 0 Å². The van der Waals surface area contributed by atoms with Gasteiger partial charge in [-0.25, -0.2) is 4.79 Å². The van der Waals surface area contributed by atoms with Crippen molar-refractivity contribution < 1.29 is 9.59 Å². The minimum Gasteiger partial charge on any atom is -0.348 e. The third-order valence-electron chi connectivity index (χ3n) is 5.68. The van der Waals surface area contributed by atoms with Gasteiger partial charge in [-0.05, 0) is 37.5 Å². The summed E-state index contributed by atoms with van der Waals surface area (Å²) in [4.78, 5) is 30.1. The second-order valence-electron chi connectivity index (χ2n) is 7.66. The average Bonchev–Trinajstić information content (AvgIpc) is 3.00. The van der Waals surface area contributed by atoms with E-state index in [0.29, 0.717) is 18.4 Å². The fourth-order valence-electron chi connectivity index (χ4n) is 4.01. The van der Waals surface area contributed by atoms with E-state index in [0.717, 1.165) is 51.9 Å². The summed E-state index contributed by atoms with van der Waals surface area (Å²) in [6.07, 6.45) is 8.60. The zero-order valence-corrected chi connectivity index (χ0v) is 14.9. The second-order valence-corrected chi connectivity index (χ2v) is 7.66. The summed E-state index contributed by atoms with van der Waals surface area (Å²) in [5.74, 6) is 1.45. The Morgan fingerprint density at radius 3 is 2.21 bits per heavy atom. The molecule has 6 heteroatoms. The monoisotopic (exact) mass is 334 g/mol. The number of urea groups is 1. The Bertz CT molecular complexity index is 481. The number of allylic oxidation sites excluding steroid dienone is 2. The van der Waals surface area contributed by atoms with Crippen LogP contribution in [0.2, 0.25) is 0 Å². The summed E-state index contributed by atoms with van der Waals surface area (Å²) < 4.78 is 0. The number of hydrogen-bond acceptors (Lipinski definition) is 3. The molecule has 3 rings (SSSR count). The van der Waals surface area contributed by atoms with Gasteiger partial charge < -0.3 is 15.1 Å². The fraction of sp³-hybridized carbons (Fsp3) is 0.778. The maximum Gasteiger partial charge on any atom is 0.317 e. The maximum atomic E-state index is 12.5. The normalized spacial score (nSPS) is 27.8. The highest BCUT2D eigenvalue weighted by atomic mass is 16.2. The number of piperidine rings is 1. The van der Waals surface area contributed by atoms with Crippen molar-refractivity contribution in [3.63, 3.8) is 0 Å². The van der Waals surface area contributed by atoms with E-state index in [1.807, 2.05) is 4.90 Å². The highest BCUT2D eigenvalue weighted by molar-refractivity contribution is 5.77. The van der Waals surface area contributed by atoms with E-state index in [1.54, 1.807) is 19.0 Å². The van der Waals surface area contributed by atoms with E-state index in [-0.39, 0.29) is 18.0 Å². The van der Waals surface area contributed by atoms with Crippen LogP contribution in [0.15, 0.2) is 12.2 Å². The van der Waals surface area contributed by atoms with E-state index in [9.17, 15) is 9.59 Å². The molecule has 0 radical (unpaired) electrons. The summed E-state index contributed by atoms with van der Waals surface area (Å²) >= 11 is 0. The highest BCUT2D eigenvalue weighted by Crippen LogP contribution is 2.32. The molecule has 3 aliphatic rings. The fourth-order valence-corrected chi connectivity index (χ4v) is 4.01. The molecule has 2 fully saturated rings. The molecule has 0 saturated carbocycles. The Kier molecular flexibility index (Phi) is 5.43. The van der Waals surface area contributed by atoms with E-state index >= 15 is 0 Å². The van der Waals surface area contributed by atoms with Crippen LogP contribution in [0.5, 0.6) is 0 Å². The van der Waals surface area contributed by atoms with Gasteiger partial charge in [0, 0.05) is 46.3 Å². The molecule has 2 saturated heterocycles. The Morgan fingerprint density at radius 1 is 1.08 bits per heavy atom. The number of nitrogens with zero attached hydrogens (tertiary/aromatic N) is 3. The summed E-state index contributed by atoms with van der Waals surface area (Å²) in [5, 5.41) is 3.21. The second kappa shape index (κ2) is 7.55. The average molecular weight is 334 g/mol. The molecule has 1 aliphatic carbocycles. The van der Waals surface area contributed by atoms with Crippen molar-refractivity contribution >= 4 is 11.9 Å². The largest absolute Gasteiger partial charge is 0.348 e. The molecule has 0 aromatic carbocycles. The molecule has 3 amide bonds. The van der Waals surface area contributed by atoms with Crippen molar-refractivity contribution in [1.29, 1.82) is 0 Å². The summed E-state index contributed by atoms with van der Waals surface area (Å²) in [7, 11) is 3.58. The number of hydrogen-bond donors (Lipinski definition) is 1. The molecular formula is C18H30N4O2. The van der Waals surface area contributed by atoms with E-state index in [4.69, 9.17) is 0 Å². The first-order valence-electron chi connectivity index (χ1n) is 9.16. The smallest absolute Gasteiger partial charge is 0.317 e. The van der Waals surface area contributed by atoms with Crippen LogP contribution in [-0.2, 0) is 4.79 Å². The Hall–Kier alpha value is -1.56. The number of amides is 3. The molecule has 0 unspecified atom stereocenters. The SMILES string of the molecule is CN(C)C(=O)CN1CCC(NC(=O)N2C[C@H]3CC=CC[C@@H]3C2)CC1. The predicted molar refractivity (Wildman–Crippen MR) is 93.6 cm³/mol. The lowest BCUT2D eigenvalue weighted by atomic mass is 9.86. The highest BCUT2D eigenvalue weighted by Gasteiger charge is 2.35. The summed E-state index contributed by atoms with van der Waals surface area (Å²) in [6.45, 7) is 4.03. The number of likely N-dealkylation sites (tertiary alicyclic amines) is 2. The zero-order chi connectivity index (χ0) is 17.1. The summed E-state index contributed by atoms with van der Waals surface area (Å²) in [5.41, 5.74) is 0. The first kappa shape index (κ1) is 17.3. The number of carbonyl (C=O) groups excluding carboxylic acids is 2. The molecule has 2 aliphatic heterocycles. The quantitative estimate of drug-likeness (QED) is 0.788.